The molecule has 0 atom stereocenters. The maximum absolute atomic E-state index is 12.0. The van der Waals surface area contributed by atoms with E-state index in [2.05, 4.69) is 41.5 Å². The highest BCUT2D eigenvalue weighted by molar-refractivity contribution is 5.98. The number of amides is 1. The van der Waals surface area contributed by atoms with Crippen LogP contribution in [-0.2, 0) is 10.2 Å². The van der Waals surface area contributed by atoms with Gasteiger partial charge in [0.05, 0.1) is 5.71 Å². The third-order valence-electron chi connectivity index (χ3n) is 4.87. The molecular formula is C24H25N3O2. The van der Waals surface area contributed by atoms with Crippen LogP contribution in [0.4, 0.5) is 0 Å². The van der Waals surface area contributed by atoms with Crippen LogP contribution in [0.25, 0.3) is 0 Å². The number of ether oxygens (including phenoxy) is 1. The summed E-state index contributed by atoms with van der Waals surface area (Å²) in [4.78, 5) is 16.0. The first-order valence-electron chi connectivity index (χ1n) is 9.49. The first-order valence-corrected chi connectivity index (χ1v) is 9.49. The number of carbonyl (C=O) groups is 1. The van der Waals surface area contributed by atoms with Crippen LogP contribution >= 0.6 is 0 Å². The highest BCUT2D eigenvalue weighted by Crippen LogP contribution is 2.32. The number of hydrogen-bond donors (Lipinski definition) is 1. The van der Waals surface area contributed by atoms with Crippen molar-refractivity contribution in [2.45, 2.75) is 26.2 Å². The topological polar surface area (TPSA) is 63.6 Å². The van der Waals surface area contributed by atoms with E-state index in [1.165, 1.54) is 11.1 Å². The van der Waals surface area contributed by atoms with Gasteiger partial charge in [0.1, 0.15) is 5.75 Å². The molecule has 0 saturated carbocycles. The van der Waals surface area contributed by atoms with E-state index < -0.39 is 0 Å². The van der Waals surface area contributed by atoms with Gasteiger partial charge in [-0.3, -0.25) is 9.78 Å². The Morgan fingerprint density at radius 2 is 1.69 bits per heavy atom. The van der Waals surface area contributed by atoms with E-state index >= 15 is 0 Å². The van der Waals surface area contributed by atoms with Crippen LogP contribution < -0.4 is 10.2 Å². The number of hydrogen-bond acceptors (Lipinski definition) is 4. The summed E-state index contributed by atoms with van der Waals surface area (Å²) in [5.41, 5.74) is 6.34. The standard InChI is InChI=1S/C24H25N3O2/c1-18(19-8-7-15-25-16-19)26-27-23(28)17-29-22-13-11-21(12-14-22)24(2,3)20-9-5-4-6-10-20/h4-16H,17H2,1-3H3,(H,27,28)/b26-18-. The fraction of sp³-hybridized carbons (Fsp3) is 0.208. The summed E-state index contributed by atoms with van der Waals surface area (Å²) in [5.74, 6) is 0.322. The molecule has 1 N–H and O–H groups in total. The van der Waals surface area contributed by atoms with Crippen LogP contribution in [0.1, 0.15) is 37.5 Å². The van der Waals surface area contributed by atoms with Gasteiger partial charge in [0, 0.05) is 23.4 Å². The molecule has 0 unspecified atom stereocenters. The minimum atomic E-state index is -0.318. The van der Waals surface area contributed by atoms with Crippen molar-refractivity contribution in [2.75, 3.05) is 6.61 Å². The SMILES string of the molecule is C/C(=N/NC(=O)COc1ccc(C(C)(C)c2ccccc2)cc1)c1cccnc1. The minimum Gasteiger partial charge on any atom is -0.484 e. The number of rotatable bonds is 7. The van der Waals surface area contributed by atoms with E-state index in [-0.39, 0.29) is 17.9 Å². The lowest BCUT2D eigenvalue weighted by Crippen LogP contribution is -2.25. The molecule has 0 aliphatic heterocycles. The van der Waals surface area contributed by atoms with Gasteiger partial charge in [0.25, 0.3) is 5.91 Å². The maximum Gasteiger partial charge on any atom is 0.277 e. The number of aromatic nitrogens is 1. The summed E-state index contributed by atoms with van der Waals surface area (Å²) in [5, 5.41) is 4.08. The fourth-order valence-electron chi connectivity index (χ4n) is 2.96. The van der Waals surface area contributed by atoms with E-state index in [9.17, 15) is 4.79 Å². The molecule has 148 valence electrons. The Balaban J connectivity index is 1.56. The largest absolute Gasteiger partial charge is 0.484 e. The molecule has 1 heterocycles. The molecule has 0 fully saturated rings. The van der Waals surface area contributed by atoms with Crippen LogP contribution in [-0.4, -0.2) is 23.2 Å². The summed E-state index contributed by atoms with van der Waals surface area (Å²) in [6, 6.07) is 21.9. The fourth-order valence-corrected chi connectivity index (χ4v) is 2.96. The second-order valence-corrected chi connectivity index (χ2v) is 7.28. The lowest BCUT2D eigenvalue weighted by atomic mass is 9.78. The monoisotopic (exact) mass is 387 g/mol. The average Bonchev–Trinajstić information content (AvgIpc) is 2.77. The molecule has 0 aliphatic rings. The zero-order valence-electron chi connectivity index (χ0n) is 16.9. The molecule has 1 amide bonds. The molecule has 5 nitrogen and oxygen atoms in total. The average molecular weight is 387 g/mol. The van der Waals surface area contributed by atoms with Crippen LogP contribution in [0.5, 0.6) is 5.75 Å². The van der Waals surface area contributed by atoms with Crippen LogP contribution in [0.15, 0.2) is 84.2 Å². The minimum absolute atomic E-state index is 0.106. The van der Waals surface area contributed by atoms with Crippen LogP contribution in [0.2, 0.25) is 0 Å². The Hall–Kier alpha value is -3.47. The molecule has 3 rings (SSSR count). The number of benzene rings is 2. The lowest BCUT2D eigenvalue weighted by molar-refractivity contribution is -0.123. The Kier molecular flexibility index (Phi) is 6.39. The van der Waals surface area contributed by atoms with E-state index in [0.717, 1.165) is 5.56 Å². The molecular weight excluding hydrogens is 362 g/mol. The quantitative estimate of drug-likeness (QED) is 0.485. The molecule has 0 spiro atoms. The molecule has 0 aliphatic carbocycles. The third kappa shape index (κ3) is 5.29. The molecule has 0 saturated heterocycles. The number of nitrogens with zero attached hydrogens (tertiary/aromatic N) is 2. The van der Waals surface area contributed by atoms with E-state index in [1.807, 2.05) is 61.5 Å². The summed E-state index contributed by atoms with van der Waals surface area (Å²) >= 11 is 0. The highest BCUT2D eigenvalue weighted by atomic mass is 16.5. The zero-order valence-corrected chi connectivity index (χ0v) is 16.9. The van der Waals surface area contributed by atoms with E-state index in [4.69, 9.17) is 4.74 Å². The second-order valence-electron chi connectivity index (χ2n) is 7.28. The predicted molar refractivity (Wildman–Crippen MR) is 115 cm³/mol. The lowest BCUT2D eigenvalue weighted by Gasteiger charge is -2.26. The zero-order chi connectivity index (χ0) is 20.7. The summed E-state index contributed by atoms with van der Waals surface area (Å²) in [6.45, 7) is 6.08. The van der Waals surface area contributed by atoms with Gasteiger partial charge in [-0.05, 0) is 36.2 Å². The van der Waals surface area contributed by atoms with Crippen molar-refractivity contribution in [3.63, 3.8) is 0 Å². The van der Waals surface area contributed by atoms with Crippen molar-refractivity contribution in [2.24, 2.45) is 5.10 Å². The third-order valence-corrected chi connectivity index (χ3v) is 4.87. The van der Waals surface area contributed by atoms with Gasteiger partial charge in [0.2, 0.25) is 0 Å². The van der Waals surface area contributed by atoms with Gasteiger partial charge >= 0.3 is 0 Å². The molecule has 29 heavy (non-hydrogen) atoms. The number of carbonyl (C=O) groups excluding carboxylic acids is 1. The van der Waals surface area contributed by atoms with Crippen LogP contribution in [0, 0.1) is 0 Å². The number of pyridine rings is 1. The van der Waals surface area contributed by atoms with Gasteiger partial charge in [-0.1, -0.05) is 62.4 Å². The molecule has 3 aromatic rings. The Bertz CT molecular complexity index is 966. The molecule has 0 bridgehead atoms. The first-order chi connectivity index (χ1) is 14.0. The summed E-state index contributed by atoms with van der Waals surface area (Å²) < 4.78 is 5.59. The van der Waals surface area contributed by atoms with Crippen molar-refractivity contribution in [1.29, 1.82) is 0 Å². The predicted octanol–water partition coefficient (Wildman–Crippen LogP) is 4.33. The first kappa shape index (κ1) is 20.3. The van der Waals surface area contributed by atoms with Crippen LogP contribution in [0.3, 0.4) is 0 Å². The highest BCUT2D eigenvalue weighted by Gasteiger charge is 2.22. The Morgan fingerprint density at radius 3 is 2.34 bits per heavy atom. The normalized spacial score (nSPS) is 11.8. The summed E-state index contributed by atoms with van der Waals surface area (Å²) in [6.07, 6.45) is 3.38. The van der Waals surface area contributed by atoms with Crippen molar-refractivity contribution in [3.8, 4) is 5.75 Å². The van der Waals surface area contributed by atoms with Gasteiger partial charge in [-0.25, -0.2) is 5.43 Å². The molecule has 2 aromatic carbocycles. The van der Waals surface area contributed by atoms with Gasteiger partial charge < -0.3 is 4.74 Å². The number of nitrogens with one attached hydrogen (secondary N) is 1. The second kappa shape index (κ2) is 9.15. The molecule has 1 aromatic heterocycles. The van der Waals surface area contributed by atoms with E-state index in [0.29, 0.717) is 11.5 Å². The van der Waals surface area contributed by atoms with Gasteiger partial charge in [0.15, 0.2) is 6.61 Å². The van der Waals surface area contributed by atoms with Crippen molar-refractivity contribution < 1.29 is 9.53 Å². The summed E-state index contributed by atoms with van der Waals surface area (Å²) in [7, 11) is 0. The van der Waals surface area contributed by atoms with Crippen molar-refractivity contribution in [3.05, 3.63) is 95.8 Å². The van der Waals surface area contributed by atoms with E-state index in [1.54, 1.807) is 12.4 Å². The Labute approximate surface area is 171 Å². The Morgan fingerprint density at radius 1 is 1.00 bits per heavy atom. The van der Waals surface area contributed by atoms with Crippen molar-refractivity contribution >= 4 is 11.6 Å². The number of hydrazone groups is 1. The van der Waals surface area contributed by atoms with Crippen molar-refractivity contribution in [1.82, 2.24) is 10.4 Å². The molecule has 0 radical (unpaired) electrons. The van der Waals surface area contributed by atoms with Gasteiger partial charge in [-0.2, -0.15) is 5.10 Å². The smallest absolute Gasteiger partial charge is 0.277 e. The van der Waals surface area contributed by atoms with Gasteiger partial charge in [-0.15, -0.1) is 0 Å². The maximum atomic E-state index is 12.0. The molecule has 5 heteroatoms.